The molecule has 0 saturated carbocycles. The predicted molar refractivity (Wildman–Crippen MR) is 130 cm³/mol. The Morgan fingerprint density at radius 3 is 2.65 bits per heavy atom. The number of aliphatic imine (C=N–C) groups is 1. The van der Waals surface area contributed by atoms with Crippen LogP contribution in [0.5, 0.6) is 0 Å². The van der Waals surface area contributed by atoms with Crippen molar-refractivity contribution in [3.63, 3.8) is 0 Å². The van der Waals surface area contributed by atoms with E-state index >= 15 is 0 Å². The molecule has 1 aliphatic heterocycles. The van der Waals surface area contributed by atoms with Gasteiger partial charge >= 0.3 is 0 Å². The van der Waals surface area contributed by atoms with Crippen molar-refractivity contribution in [3.8, 4) is 11.1 Å². The highest BCUT2D eigenvalue weighted by Crippen LogP contribution is 2.28. The van der Waals surface area contributed by atoms with Crippen LogP contribution in [0.3, 0.4) is 0 Å². The number of aliphatic hydroxyl groups excluding tert-OH is 1. The molecule has 0 spiro atoms. The number of aryl methyl sites for hydroxylation is 1. The van der Waals surface area contributed by atoms with E-state index in [0.717, 1.165) is 42.0 Å². The molecule has 0 bridgehead atoms. The maximum Gasteiger partial charge on any atom is 0.0839 e. The van der Waals surface area contributed by atoms with Gasteiger partial charge in [-0.25, -0.2) is 0 Å². The van der Waals surface area contributed by atoms with Crippen LogP contribution >= 0.6 is 0 Å². The lowest BCUT2D eigenvalue weighted by Gasteiger charge is -2.30. The fourth-order valence-corrected chi connectivity index (χ4v) is 4.24. The lowest BCUT2D eigenvalue weighted by Crippen LogP contribution is -2.39. The van der Waals surface area contributed by atoms with E-state index in [-0.39, 0.29) is 0 Å². The maximum atomic E-state index is 10.6. The molecule has 0 fully saturated rings. The molecule has 4 heteroatoms. The van der Waals surface area contributed by atoms with E-state index < -0.39 is 6.10 Å². The van der Waals surface area contributed by atoms with E-state index in [1.54, 1.807) is 0 Å². The van der Waals surface area contributed by atoms with Crippen molar-refractivity contribution in [1.82, 2.24) is 4.90 Å². The molecule has 4 rings (SSSR count). The fourth-order valence-electron chi connectivity index (χ4n) is 4.24. The van der Waals surface area contributed by atoms with E-state index in [2.05, 4.69) is 88.9 Å². The lowest BCUT2D eigenvalue weighted by atomic mass is 10.00. The van der Waals surface area contributed by atoms with Crippen LogP contribution in [-0.2, 0) is 13.0 Å². The van der Waals surface area contributed by atoms with Gasteiger partial charge in [0.15, 0.2) is 0 Å². The molecule has 0 aliphatic carbocycles. The average Bonchev–Trinajstić information content (AvgIpc) is 2.79. The number of nitrogens with one attached hydrogen (secondary N) is 1. The summed E-state index contributed by atoms with van der Waals surface area (Å²) in [5.41, 5.74) is 8.33. The molecule has 160 valence electrons. The van der Waals surface area contributed by atoms with Crippen LogP contribution in [-0.4, -0.2) is 42.0 Å². The minimum absolute atomic E-state index is 0.414. The number of rotatable bonds is 7. The summed E-state index contributed by atoms with van der Waals surface area (Å²) < 4.78 is 0. The highest BCUT2D eigenvalue weighted by molar-refractivity contribution is 5.72. The third-order valence-electron chi connectivity index (χ3n) is 5.88. The number of benzene rings is 3. The van der Waals surface area contributed by atoms with Gasteiger partial charge in [0, 0.05) is 38.1 Å². The third-order valence-corrected chi connectivity index (χ3v) is 5.88. The van der Waals surface area contributed by atoms with Gasteiger partial charge in [0.25, 0.3) is 0 Å². The molecule has 3 aromatic rings. The van der Waals surface area contributed by atoms with Crippen molar-refractivity contribution in [2.24, 2.45) is 4.99 Å². The van der Waals surface area contributed by atoms with Crippen LogP contribution in [0.2, 0.25) is 0 Å². The molecule has 31 heavy (non-hydrogen) atoms. The number of hydrogen-bond acceptors (Lipinski definition) is 4. The monoisotopic (exact) mass is 413 g/mol. The summed E-state index contributed by atoms with van der Waals surface area (Å²) in [5, 5.41) is 14.0. The van der Waals surface area contributed by atoms with Crippen molar-refractivity contribution in [2.75, 3.05) is 25.0 Å². The Morgan fingerprint density at radius 2 is 1.84 bits per heavy atom. The molecule has 0 aromatic heterocycles. The smallest absolute Gasteiger partial charge is 0.0839 e. The second-order valence-electron chi connectivity index (χ2n) is 8.26. The zero-order valence-corrected chi connectivity index (χ0v) is 18.4. The first-order valence-corrected chi connectivity index (χ1v) is 11.0. The molecule has 3 aromatic carbocycles. The fraction of sp³-hybridized carbons (Fsp3) is 0.296. The van der Waals surface area contributed by atoms with Crippen molar-refractivity contribution >= 4 is 17.6 Å². The predicted octanol–water partition coefficient (Wildman–Crippen LogP) is 5.22. The molecule has 1 aliphatic rings. The Kier molecular flexibility index (Phi) is 6.80. The number of fused-ring (bicyclic) bond motifs is 1. The van der Waals surface area contributed by atoms with Crippen LogP contribution in [0.4, 0.5) is 11.4 Å². The van der Waals surface area contributed by atoms with Crippen LogP contribution < -0.4 is 5.32 Å². The largest absolute Gasteiger partial charge is 0.390 e. The second-order valence-corrected chi connectivity index (χ2v) is 8.26. The standard InChI is InChI=1S/C27H31N3O/c1-3-28-27-12-11-23(15-20(27)2)22-9-6-10-25(16-22)29-17-26(31)19-30-14-13-21-7-4-5-8-24(21)18-30/h3-12,15-16,26,29,31H,13-14,17-19H2,1-2H3. The molecule has 0 saturated heterocycles. The summed E-state index contributed by atoms with van der Waals surface area (Å²) in [6.45, 7) is 7.15. The van der Waals surface area contributed by atoms with Gasteiger partial charge in [-0.05, 0) is 72.4 Å². The second kappa shape index (κ2) is 9.90. The lowest BCUT2D eigenvalue weighted by molar-refractivity contribution is 0.114. The summed E-state index contributed by atoms with van der Waals surface area (Å²) in [4.78, 5) is 6.74. The summed E-state index contributed by atoms with van der Waals surface area (Å²) in [6, 6.07) is 23.3. The van der Waals surface area contributed by atoms with Crippen LogP contribution in [0.15, 0.2) is 71.7 Å². The van der Waals surface area contributed by atoms with Crippen molar-refractivity contribution in [1.29, 1.82) is 0 Å². The Balaban J connectivity index is 1.35. The average molecular weight is 414 g/mol. The topological polar surface area (TPSA) is 47.9 Å². The Labute approximate surface area is 185 Å². The van der Waals surface area contributed by atoms with Gasteiger partial charge in [0.2, 0.25) is 0 Å². The Morgan fingerprint density at radius 1 is 1.03 bits per heavy atom. The van der Waals surface area contributed by atoms with E-state index in [0.29, 0.717) is 13.1 Å². The van der Waals surface area contributed by atoms with E-state index in [1.807, 2.05) is 13.1 Å². The molecule has 0 radical (unpaired) electrons. The highest BCUT2D eigenvalue weighted by Gasteiger charge is 2.18. The summed E-state index contributed by atoms with van der Waals surface area (Å²) in [5.74, 6) is 0. The van der Waals surface area contributed by atoms with Gasteiger partial charge in [-0.1, -0.05) is 42.5 Å². The van der Waals surface area contributed by atoms with Crippen LogP contribution in [0.1, 0.15) is 23.6 Å². The quantitative estimate of drug-likeness (QED) is 0.523. The Bertz CT molecular complexity index is 1060. The van der Waals surface area contributed by atoms with Gasteiger partial charge in [0.1, 0.15) is 0 Å². The first-order chi connectivity index (χ1) is 15.1. The Hall–Kier alpha value is -2.95. The van der Waals surface area contributed by atoms with E-state index in [1.165, 1.54) is 16.7 Å². The molecule has 1 heterocycles. The molecule has 1 atom stereocenters. The number of β-amino-alcohol motifs (C(OH)–C–C–N with tert-alkyl or cyclic N) is 1. The normalized spacial score (nSPS) is 15.1. The highest BCUT2D eigenvalue weighted by atomic mass is 16.3. The number of aliphatic hydroxyl groups is 1. The zero-order chi connectivity index (χ0) is 21.6. The zero-order valence-electron chi connectivity index (χ0n) is 18.4. The first kappa shape index (κ1) is 21.3. The van der Waals surface area contributed by atoms with E-state index in [4.69, 9.17) is 0 Å². The summed E-state index contributed by atoms with van der Waals surface area (Å²) in [6.07, 6.45) is 2.46. The van der Waals surface area contributed by atoms with Crippen molar-refractivity contribution in [2.45, 2.75) is 32.9 Å². The molecule has 4 nitrogen and oxygen atoms in total. The third kappa shape index (κ3) is 5.40. The van der Waals surface area contributed by atoms with Crippen molar-refractivity contribution in [3.05, 3.63) is 83.4 Å². The minimum Gasteiger partial charge on any atom is -0.390 e. The van der Waals surface area contributed by atoms with Crippen molar-refractivity contribution < 1.29 is 5.11 Å². The summed E-state index contributed by atoms with van der Waals surface area (Å²) >= 11 is 0. The molecule has 2 N–H and O–H groups in total. The molecule has 1 unspecified atom stereocenters. The summed E-state index contributed by atoms with van der Waals surface area (Å²) in [7, 11) is 0. The minimum atomic E-state index is -0.414. The van der Waals surface area contributed by atoms with Gasteiger partial charge in [-0.2, -0.15) is 0 Å². The number of nitrogens with zero attached hydrogens (tertiary/aromatic N) is 2. The van der Waals surface area contributed by atoms with Crippen LogP contribution in [0.25, 0.3) is 11.1 Å². The van der Waals surface area contributed by atoms with E-state index in [9.17, 15) is 5.11 Å². The molecular formula is C27H31N3O. The van der Waals surface area contributed by atoms with Gasteiger partial charge in [-0.15, -0.1) is 0 Å². The first-order valence-electron chi connectivity index (χ1n) is 11.0. The van der Waals surface area contributed by atoms with Crippen LogP contribution in [0, 0.1) is 6.92 Å². The maximum absolute atomic E-state index is 10.6. The van der Waals surface area contributed by atoms with Gasteiger partial charge < -0.3 is 10.4 Å². The van der Waals surface area contributed by atoms with Gasteiger partial charge in [0.05, 0.1) is 11.8 Å². The molecule has 0 amide bonds. The van der Waals surface area contributed by atoms with Gasteiger partial charge in [-0.3, -0.25) is 9.89 Å². The number of anilines is 1. The SMILES string of the molecule is CC=Nc1ccc(-c2cccc(NCC(O)CN3CCc4ccccc4C3)c2)cc1C. The molecular weight excluding hydrogens is 382 g/mol. The number of hydrogen-bond donors (Lipinski definition) is 2.